The van der Waals surface area contributed by atoms with Gasteiger partial charge in [-0.15, -0.1) is 0 Å². The summed E-state index contributed by atoms with van der Waals surface area (Å²) in [7, 11) is 0. The van der Waals surface area contributed by atoms with Gasteiger partial charge in [-0.2, -0.15) is 0 Å². The Bertz CT molecular complexity index is 453. The molecule has 5 nitrogen and oxygen atoms in total. The summed E-state index contributed by atoms with van der Waals surface area (Å²) in [6, 6.07) is 9.96. The van der Waals surface area contributed by atoms with Crippen molar-refractivity contribution in [1.29, 1.82) is 0 Å². The lowest BCUT2D eigenvalue weighted by Crippen LogP contribution is -3.16. The number of quaternary nitrogens is 1. The number of hydrogen-bond donors (Lipinski definition) is 1. The van der Waals surface area contributed by atoms with Gasteiger partial charge in [0.1, 0.15) is 6.54 Å². The van der Waals surface area contributed by atoms with Crippen LogP contribution >= 0.6 is 0 Å². The fourth-order valence-corrected chi connectivity index (χ4v) is 2.51. The van der Waals surface area contributed by atoms with Crippen LogP contribution in [-0.4, -0.2) is 49.5 Å². The van der Waals surface area contributed by atoms with Crippen LogP contribution in [0.1, 0.15) is 12.0 Å². The summed E-state index contributed by atoms with van der Waals surface area (Å²) in [4.78, 5) is 25.4. The van der Waals surface area contributed by atoms with Crippen LogP contribution in [-0.2, 0) is 16.0 Å². The Balaban J connectivity index is 1.73. The van der Waals surface area contributed by atoms with Crippen LogP contribution in [0.2, 0.25) is 0 Å². The Labute approximate surface area is 118 Å². The second-order valence-electron chi connectivity index (χ2n) is 5.17. The Morgan fingerprint density at radius 3 is 2.40 bits per heavy atom. The molecule has 0 saturated carbocycles. The molecule has 0 unspecified atom stereocenters. The Morgan fingerprint density at radius 1 is 1.15 bits per heavy atom. The van der Waals surface area contributed by atoms with E-state index < -0.39 is 5.97 Å². The molecule has 1 N–H and O–H groups in total. The van der Waals surface area contributed by atoms with Crippen molar-refractivity contribution < 1.29 is 19.6 Å². The number of hydrogen-bond acceptors (Lipinski definition) is 3. The quantitative estimate of drug-likeness (QED) is 0.683. The molecule has 0 bridgehead atoms. The first-order valence-electron chi connectivity index (χ1n) is 7.00. The number of aryl methyl sites for hydroxylation is 1. The molecular weight excluding hydrogens is 256 g/mol. The van der Waals surface area contributed by atoms with Crippen LogP contribution in [0.4, 0.5) is 0 Å². The van der Waals surface area contributed by atoms with E-state index in [0.717, 1.165) is 11.3 Å². The van der Waals surface area contributed by atoms with E-state index in [4.69, 9.17) is 0 Å². The molecule has 20 heavy (non-hydrogen) atoms. The minimum Gasteiger partial charge on any atom is -0.544 e. The minimum absolute atomic E-state index is 0.0338. The number of carbonyl (C=O) groups is 2. The van der Waals surface area contributed by atoms with E-state index in [0.29, 0.717) is 32.6 Å². The van der Waals surface area contributed by atoms with Gasteiger partial charge in [0.05, 0.1) is 32.1 Å². The second-order valence-corrected chi connectivity index (χ2v) is 5.17. The smallest absolute Gasteiger partial charge is 0.223 e. The molecule has 1 fully saturated rings. The Kier molecular flexibility index (Phi) is 5.12. The highest BCUT2D eigenvalue weighted by Gasteiger charge is 2.23. The van der Waals surface area contributed by atoms with Gasteiger partial charge in [0, 0.05) is 6.42 Å². The fourth-order valence-electron chi connectivity index (χ4n) is 2.51. The number of nitrogens with one attached hydrogen (secondary N) is 1. The lowest BCUT2D eigenvalue weighted by atomic mass is 10.1. The van der Waals surface area contributed by atoms with Crippen molar-refractivity contribution in [3.8, 4) is 0 Å². The molecule has 1 amide bonds. The number of benzene rings is 1. The van der Waals surface area contributed by atoms with Gasteiger partial charge in [-0.05, 0) is 12.0 Å². The van der Waals surface area contributed by atoms with Gasteiger partial charge in [-0.3, -0.25) is 4.79 Å². The highest BCUT2D eigenvalue weighted by Crippen LogP contribution is 2.05. The third-order valence-corrected chi connectivity index (χ3v) is 3.69. The van der Waals surface area contributed by atoms with Crippen molar-refractivity contribution in [2.24, 2.45) is 0 Å². The average Bonchev–Trinajstić information content (AvgIpc) is 2.46. The average molecular weight is 276 g/mol. The molecule has 1 aromatic rings. The van der Waals surface area contributed by atoms with Gasteiger partial charge >= 0.3 is 0 Å². The number of aliphatic carboxylic acids is 1. The monoisotopic (exact) mass is 276 g/mol. The van der Waals surface area contributed by atoms with Crippen molar-refractivity contribution in [1.82, 2.24) is 4.90 Å². The predicted octanol–water partition coefficient (Wildman–Crippen LogP) is -1.90. The zero-order valence-corrected chi connectivity index (χ0v) is 11.5. The van der Waals surface area contributed by atoms with Crippen LogP contribution in [0.5, 0.6) is 0 Å². The highest BCUT2D eigenvalue weighted by molar-refractivity contribution is 5.76. The van der Waals surface area contributed by atoms with Gasteiger partial charge in [0.15, 0.2) is 0 Å². The van der Waals surface area contributed by atoms with E-state index in [1.165, 1.54) is 5.56 Å². The molecule has 108 valence electrons. The summed E-state index contributed by atoms with van der Waals surface area (Å²) in [5, 5.41) is 10.5. The standard InChI is InChI=1S/C15H20N2O3/c18-14(7-6-13-4-2-1-3-5-13)17-10-8-16(9-11-17)12-15(19)20/h1-5H,6-12H2,(H,19,20). The highest BCUT2D eigenvalue weighted by atomic mass is 16.4. The molecule has 1 aromatic carbocycles. The molecule has 1 aliphatic rings. The summed E-state index contributed by atoms with van der Waals surface area (Å²) in [6.07, 6.45) is 1.27. The number of nitrogens with zero attached hydrogens (tertiary/aromatic N) is 1. The molecule has 2 rings (SSSR count). The number of carboxylic acids is 1. The molecule has 5 heteroatoms. The first-order chi connectivity index (χ1) is 9.65. The second kappa shape index (κ2) is 7.05. The SMILES string of the molecule is O=C([O-])C[NH+]1CCN(C(=O)CCc2ccccc2)CC1. The van der Waals surface area contributed by atoms with Crippen molar-refractivity contribution in [3.05, 3.63) is 35.9 Å². The summed E-state index contributed by atoms with van der Waals surface area (Å²) in [5.74, 6) is -0.870. The number of amides is 1. The zero-order valence-electron chi connectivity index (χ0n) is 11.5. The van der Waals surface area contributed by atoms with Crippen LogP contribution < -0.4 is 10.0 Å². The molecule has 0 spiro atoms. The lowest BCUT2D eigenvalue weighted by molar-refractivity contribution is -0.898. The fraction of sp³-hybridized carbons (Fsp3) is 0.467. The Hall–Kier alpha value is -1.88. The molecular formula is C15H20N2O3. The summed E-state index contributed by atoms with van der Waals surface area (Å²) in [5.41, 5.74) is 1.17. The lowest BCUT2D eigenvalue weighted by Gasteiger charge is -2.32. The maximum absolute atomic E-state index is 12.1. The number of carboxylic acid groups (broad SMARTS) is 1. The van der Waals surface area contributed by atoms with Crippen molar-refractivity contribution in [2.45, 2.75) is 12.8 Å². The zero-order chi connectivity index (χ0) is 14.4. The normalized spacial score (nSPS) is 16.1. The third kappa shape index (κ3) is 4.35. The molecule has 0 aliphatic carbocycles. The van der Waals surface area contributed by atoms with Crippen molar-refractivity contribution >= 4 is 11.9 Å². The molecule has 0 atom stereocenters. The van der Waals surface area contributed by atoms with E-state index in [1.54, 1.807) is 0 Å². The minimum atomic E-state index is -1.02. The number of carbonyl (C=O) groups excluding carboxylic acids is 2. The van der Waals surface area contributed by atoms with Crippen molar-refractivity contribution in [3.63, 3.8) is 0 Å². The van der Waals surface area contributed by atoms with Gasteiger partial charge in [-0.25, -0.2) is 0 Å². The Morgan fingerprint density at radius 2 is 1.80 bits per heavy atom. The largest absolute Gasteiger partial charge is 0.544 e. The van der Waals surface area contributed by atoms with E-state index in [-0.39, 0.29) is 12.5 Å². The summed E-state index contributed by atoms with van der Waals surface area (Å²) in [6.45, 7) is 2.68. The van der Waals surface area contributed by atoms with Gasteiger partial charge in [0.2, 0.25) is 5.91 Å². The molecule has 0 radical (unpaired) electrons. The summed E-state index contributed by atoms with van der Waals surface area (Å²) >= 11 is 0. The first kappa shape index (κ1) is 14.5. The maximum Gasteiger partial charge on any atom is 0.223 e. The van der Waals surface area contributed by atoms with Gasteiger partial charge in [-0.1, -0.05) is 30.3 Å². The number of piperazine rings is 1. The van der Waals surface area contributed by atoms with Gasteiger partial charge in [0.25, 0.3) is 0 Å². The maximum atomic E-state index is 12.1. The topological polar surface area (TPSA) is 64.9 Å². The van der Waals surface area contributed by atoms with E-state index >= 15 is 0 Å². The predicted molar refractivity (Wildman–Crippen MR) is 71.9 cm³/mol. The van der Waals surface area contributed by atoms with Crippen LogP contribution in [0.15, 0.2) is 30.3 Å². The summed E-state index contributed by atoms with van der Waals surface area (Å²) < 4.78 is 0. The van der Waals surface area contributed by atoms with Crippen LogP contribution in [0.3, 0.4) is 0 Å². The van der Waals surface area contributed by atoms with Crippen LogP contribution in [0.25, 0.3) is 0 Å². The third-order valence-electron chi connectivity index (χ3n) is 3.69. The first-order valence-corrected chi connectivity index (χ1v) is 7.00. The van der Waals surface area contributed by atoms with Crippen molar-refractivity contribution in [2.75, 3.05) is 32.7 Å². The van der Waals surface area contributed by atoms with Crippen LogP contribution in [0, 0.1) is 0 Å². The molecule has 1 saturated heterocycles. The van der Waals surface area contributed by atoms with E-state index in [9.17, 15) is 14.7 Å². The molecule has 1 heterocycles. The van der Waals surface area contributed by atoms with E-state index in [1.807, 2.05) is 35.2 Å². The van der Waals surface area contributed by atoms with E-state index in [2.05, 4.69) is 0 Å². The molecule has 1 aliphatic heterocycles. The number of rotatable bonds is 5. The molecule has 0 aromatic heterocycles. The van der Waals surface area contributed by atoms with Gasteiger partial charge < -0.3 is 19.7 Å².